The van der Waals surface area contributed by atoms with Gasteiger partial charge in [-0.3, -0.25) is 9.69 Å². The van der Waals surface area contributed by atoms with Crippen molar-refractivity contribution >= 4 is 5.91 Å². The number of carbonyl (C=O) groups is 1. The van der Waals surface area contributed by atoms with Crippen LogP contribution in [0, 0.1) is 12.3 Å². The minimum Gasteiger partial charge on any atom is -0.340 e. The summed E-state index contributed by atoms with van der Waals surface area (Å²) in [6, 6.07) is 0. The van der Waals surface area contributed by atoms with E-state index in [9.17, 15) is 4.79 Å². The van der Waals surface area contributed by atoms with E-state index in [1.807, 2.05) is 11.8 Å². The van der Waals surface area contributed by atoms with Crippen LogP contribution in [0.4, 0.5) is 0 Å². The lowest BCUT2D eigenvalue weighted by Gasteiger charge is -2.33. The van der Waals surface area contributed by atoms with Crippen molar-refractivity contribution in [3.63, 3.8) is 0 Å². The predicted octanol–water partition coefficient (Wildman–Crippen LogP) is 0.564. The molecule has 0 atom stereocenters. The molecule has 3 nitrogen and oxygen atoms in total. The lowest BCUT2D eigenvalue weighted by atomic mass is 10.2. The van der Waals surface area contributed by atoms with E-state index in [1.54, 1.807) is 0 Å². The average molecular weight is 194 g/mol. The van der Waals surface area contributed by atoms with Crippen molar-refractivity contribution in [3.05, 3.63) is 0 Å². The minimum absolute atomic E-state index is 0.285. The summed E-state index contributed by atoms with van der Waals surface area (Å²) in [7, 11) is 0. The number of rotatable bonds is 3. The van der Waals surface area contributed by atoms with E-state index in [2.05, 4.69) is 10.8 Å². The van der Waals surface area contributed by atoms with E-state index in [0.717, 1.165) is 32.6 Å². The fourth-order valence-electron chi connectivity index (χ4n) is 1.66. The highest BCUT2D eigenvalue weighted by atomic mass is 16.2. The molecule has 0 N–H and O–H groups in total. The number of carbonyl (C=O) groups excluding carboxylic acids is 1. The van der Waals surface area contributed by atoms with E-state index < -0.39 is 0 Å². The predicted molar refractivity (Wildman–Crippen MR) is 56.8 cm³/mol. The van der Waals surface area contributed by atoms with Crippen LogP contribution >= 0.6 is 0 Å². The van der Waals surface area contributed by atoms with Crippen LogP contribution in [0.5, 0.6) is 0 Å². The zero-order valence-corrected chi connectivity index (χ0v) is 8.83. The Balaban J connectivity index is 2.28. The topological polar surface area (TPSA) is 23.6 Å². The summed E-state index contributed by atoms with van der Waals surface area (Å²) < 4.78 is 0. The van der Waals surface area contributed by atoms with Crippen LogP contribution in [0.25, 0.3) is 0 Å². The molecule has 0 radical (unpaired) electrons. The molecule has 1 amide bonds. The maximum Gasteiger partial charge on any atom is 0.222 e. The highest BCUT2D eigenvalue weighted by molar-refractivity contribution is 5.76. The molecular formula is C11H18N2O. The minimum atomic E-state index is 0.285. The van der Waals surface area contributed by atoms with Crippen LogP contribution in [0.2, 0.25) is 0 Å². The zero-order chi connectivity index (χ0) is 10.4. The smallest absolute Gasteiger partial charge is 0.222 e. The summed E-state index contributed by atoms with van der Waals surface area (Å²) in [5.74, 6) is 2.91. The molecule has 1 aliphatic rings. The fourth-order valence-corrected chi connectivity index (χ4v) is 1.66. The Labute approximate surface area is 86.1 Å². The molecule has 14 heavy (non-hydrogen) atoms. The highest BCUT2D eigenvalue weighted by Gasteiger charge is 2.19. The molecule has 0 aromatic rings. The number of nitrogens with zero attached hydrogens (tertiary/aromatic N) is 2. The molecule has 0 spiro atoms. The van der Waals surface area contributed by atoms with Gasteiger partial charge in [0, 0.05) is 32.6 Å². The van der Waals surface area contributed by atoms with Gasteiger partial charge < -0.3 is 4.90 Å². The molecule has 3 heteroatoms. The number of terminal acetylenes is 1. The maximum absolute atomic E-state index is 11.5. The van der Waals surface area contributed by atoms with Crippen molar-refractivity contribution in [1.29, 1.82) is 0 Å². The van der Waals surface area contributed by atoms with Crippen molar-refractivity contribution in [2.24, 2.45) is 0 Å². The molecule has 1 saturated heterocycles. The Bertz CT molecular complexity index is 224. The van der Waals surface area contributed by atoms with Crippen molar-refractivity contribution in [3.8, 4) is 12.3 Å². The van der Waals surface area contributed by atoms with Crippen LogP contribution < -0.4 is 0 Å². The second-order valence-corrected chi connectivity index (χ2v) is 3.61. The first-order chi connectivity index (χ1) is 6.77. The second kappa shape index (κ2) is 5.66. The van der Waals surface area contributed by atoms with Gasteiger partial charge in [0.15, 0.2) is 0 Å². The molecule has 0 saturated carbocycles. The van der Waals surface area contributed by atoms with E-state index in [0.29, 0.717) is 13.0 Å². The summed E-state index contributed by atoms with van der Waals surface area (Å²) in [5.41, 5.74) is 0. The molecule has 1 rings (SSSR count). The van der Waals surface area contributed by atoms with E-state index in [1.165, 1.54) is 0 Å². The molecule has 0 bridgehead atoms. The van der Waals surface area contributed by atoms with Crippen LogP contribution in [-0.2, 0) is 4.79 Å². The maximum atomic E-state index is 11.5. The first-order valence-electron chi connectivity index (χ1n) is 5.21. The Hall–Kier alpha value is -1.01. The van der Waals surface area contributed by atoms with Gasteiger partial charge in [0.05, 0.1) is 6.54 Å². The molecule has 0 aromatic carbocycles. The van der Waals surface area contributed by atoms with Gasteiger partial charge in [0.2, 0.25) is 5.91 Å². The normalized spacial score (nSPS) is 17.9. The summed E-state index contributed by atoms with van der Waals surface area (Å²) in [6.07, 6.45) is 6.84. The second-order valence-electron chi connectivity index (χ2n) is 3.61. The Morgan fingerprint density at radius 2 is 2.00 bits per heavy atom. The van der Waals surface area contributed by atoms with Gasteiger partial charge in [-0.25, -0.2) is 0 Å². The monoisotopic (exact) mass is 194 g/mol. The number of piperazine rings is 1. The number of hydrogen-bond acceptors (Lipinski definition) is 2. The highest BCUT2D eigenvalue weighted by Crippen LogP contribution is 2.04. The molecule has 0 unspecified atom stereocenters. The van der Waals surface area contributed by atoms with Gasteiger partial charge in [0.1, 0.15) is 0 Å². The van der Waals surface area contributed by atoms with Crippen molar-refractivity contribution in [2.45, 2.75) is 19.8 Å². The lowest BCUT2D eigenvalue weighted by molar-refractivity contribution is -0.132. The van der Waals surface area contributed by atoms with Crippen molar-refractivity contribution in [2.75, 3.05) is 32.7 Å². The van der Waals surface area contributed by atoms with Crippen molar-refractivity contribution in [1.82, 2.24) is 9.80 Å². The molecule has 78 valence electrons. The quantitative estimate of drug-likeness (QED) is 0.613. The van der Waals surface area contributed by atoms with E-state index in [-0.39, 0.29) is 5.91 Å². The van der Waals surface area contributed by atoms with Crippen LogP contribution in [0.3, 0.4) is 0 Å². The molecule has 1 aliphatic heterocycles. The first kappa shape index (κ1) is 11.1. The third-order valence-corrected chi connectivity index (χ3v) is 2.50. The van der Waals surface area contributed by atoms with Gasteiger partial charge in [-0.15, -0.1) is 6.42 Å². The van der Waals surface area contributed by atoms with Crippen LogP contribution in [0.1, 0.15) is 19.8 Å². The molecule has 1 fully saturated rings. The average Bonchev–Trinajstić information content (AvgIpc) is 2.20. The van der Waals surface area contributed by atoms with E-state index >= 15 is 0 Å². The van der Waals surface area contributed by atoms with Crippen LogP contribution in [-0.4, -0.2) is 48.4 Å². The van der Waals surface area contributed by atoms with Gasteiger partial charge in [0.25, 0.3) is 0 Å². The molecule has 0 aliphatic carbocycles. The Kier molecular flexibility index (Phi) is 4.48. The molecule has 1 heterocycles. The third kappa shape index (κ3) is 3.04. The van der Waals surface area contributed by atoms with Gasteiger partial charge in [-0.1, -0.05) is 12.8 Å². The summed E-state index contributed by atoms with van der Waals surface area (Å²) in [4.78, 5) is 15.7. The number of hydrogen-bond donors (Lipinski definition) is 0. The Morgan fingerprint density at radius 1 is 1.36 bits per heavy atom. The lowest BCUT2D eigenvalue weighted by Crippen LogP contribution is -2.48. The largest absolute Gasteiger partial charge is 0.340 e. The van der Waals surface area contributed by atoms with Crippen LogP contribution in [0.15, 0.2) is 0 Å². The van der Waals surface area contributed by atoms with Gasteiger partial charge >= 0.3 is 0 Å². The van der Waals surface area contributed by atoms with Gasteiger partial charge in [-0.05, 0) is 6.42 Å². The Morgan fingerprint density at radius 3 is 2.50 bits per heavy atom. The first-order valence-corrected chi connectivity index (χ1v) is 5.21. The summed E-state index contributed by atoms with van der Waals surface area (Å²) in [6.45, 7) is 6.24. The summed E-state index contributed by atoms with van der Waals surface area (Å²) >= 11 is 0. The molecular weight excluding hydrogens is 176 g/mol. The van der Waals surface area contributed by atoms with E-state index in [4.69, 9.17) is 6.42 Å². The molecule has 0 aromatic heterocycles. The SMILES string of the molecule is C#CCN1CCN(C(=O)CCC)CC1. The standard InChI is InChI=1S/C11H18N2O/c1-3-5-11(14)13-9-7-12(6-4-2)8-10-13/h2H,3,5-10H2,1H3. The fraction of sp³-hybridized carbons (Fsp3) is 0.727. The summed E-state index contributed by atoms with van der Waals surface area (Å²) in [5, 5.41) is 0. The van der Waals surface area contributed by atoms with Crippen molar-refractivity contribution < 1.29 is 4.79 Å². The zero-order valence-electron chi connectivity index (χ0n) is 8.83. The van der Waals surface area contributed by atoms with Gasteiger partial charge in [-0.2, -0.15) is 0 Å². The number of amides is 1. The third-order valence-electron chi connectivity index (χ3n) is 2.50.